The number of unbranched alkanes of at least 4 members (excludes halogenated alkanes) is 3. The Balaban J connectivity index is 2.26. The van der Waals surface area contributed by atoms with Gasteiger partial charge in [0, 0.05) is 6.54 Å². The van der Waals surface area contributed by atoms with Crippen LogP contribution >= 0.6 is 23.4 Å². The van der Waals surface area contributed by atoms with Crippen LogP contribution in [0.2, 0.25) is 5.02 Å². The zero-order valence-corrected chi connectivity index (χ0v) is 12.7. The zero-order chi connectivity index (χ0) is 14.1. The molecule has 0 bridgehead atoms. The number of aromatic hydroxyl groups is 1. The van der Waals surface area contributed by atoms with Gasteiger partial charge in [-0.05, 0) is 43.0 Å². The summed E-state index contributed by atoms with van der Waals surface area (Å²) in [7, 11) is 0. The summed E-state index contributed by atoms with van der Waals surface area (Å²) < 4.78 is 0. The van der Waals surface area contributed by atoms with Gasteiger partial charge in [-0.1, -0.05) is 24.4 Å². The third-order valence-electron chi connectivity index (χ3n) is 2.76. The van der Waals surface area contributed by atoms with E-state index in [1.807, 2.05) is 11.8 Å². The first kappa shape index (κ1) is 16.2. The van der Waals surface area contributed by atoms with E-state index in [2.05, 4.69) is 11.6 Å². The number of halogens is 1. The summed E-state index contributed by atoms with van der Waals surface area (Å²) in [5.74, 6) is 1.02. The van der Waals surface area contributed by atoms with Crippen LogP contribution in [0.5, 0.6) is 5.75 Å². The summed E-state index contributed by atoms with van der Waals surface area (Å²) >= 11 is 7.78. The van der Waals surface area contributed by atoms with E-state index >= 15 is 0 Å². The Morgan fingerprint density at radius 1 is 1.32 bits per heavy atom. The lowest BCUT2D eigenvalue weighted by Gasteiger charge is -2.07. The van der Waals surface area contributed by atoms with Crippen molar-refractivity contribution in [1.82, 2.24) is 5.32 Å². The van der Waals surface area contributed by atoms with Gasteiger partial charge in [-0.15, -0.1) is 0 Å². The molecule has 0 aliphatic heterocycles. The molecule has 0 atom stereocenters. The Morgan fingerprint density at radius 2 is 2.05 bits per heavy atom. The van der Waals surface area contributed by atoms with Gasteiger partial charge in [-0.2, -0.15) is 11.8 Å². The molecule has 0 aliphatic rings. The van der Waals surface area contributed by atoms with Crippen molar-refractivity contribution >= 4 is 29.3 Å². The third-order valence-corrected chi connectivity index (χ3v) is 3.78. The van der Waals surface area contributed by atoms with E-state index in [-0.39, 0.29) is 11.7 Å². The van der Waals surface area contributed by atoms with Crippen LogP contribution in [0.15, 0.2) is 18.2 Å². The lowest BCUT2D eigenvalue weighted by molar-refractivity contribution is 0.0952. The van der Waals surface area contributed by atoms with Crippen LogP contribution in [0.25, 0.3) is 0 Å². The van der Waals surface area contributed by atoms with Gasteiger partial charge in [0.2, 0.25) is 0 Å². The van der Waals surface area contributed by atoms with Crippen molar-refractivity contribution in [2.45, 2.75) is 25.7 Å². The van der Waals surface area contributed by atoms with Crippen LogP contribution < -0.4 is 5.32 Å². The van der Waals surface area contributed by atoms with Crippen LogP contribution in [0.3, 0.4) is 0 Å². The summed E-state index contributed by atoms with van der Waals surface area (Å²) in [6.45, 7) is 0.643. The molecule has 0 radical (unpaired) electrons. The average Bonchev–Trinajstić information content (AvgIpc) is 2.40. The zero-order valence-electron chi connectivity index (χ0n) is 11.1. The largest absolute Gasteiger partial charge is 0.508 e. The molecule has 1 amide bonds. The Labute approximate surface area is 123 Å². The van der Waals surface area contributed by atoms with E-state index in [4.69, 9.17) is 11.6 Å². The smallest absolute Gasteiger partial charge is 0.252 e. The van der Waals surface area contributed by atoms with Crippen LogP contribution in [0.4, 0.5) is 0 Å². The summed E-state index contributed by atoms with van der Waals surface area (Å²) in [6.07, 6.45) is 6.63. The van der Waals surface area contributed by atoms with Gasteiger partial charge in [-0.25, -0.2) is 0 Å². The second-order valence-electron chi connectivity index (χ2n) is 4.33. The van der Waals surface area contributed by atoms with Crippen LogP contribution in [-0.4, -0.2) is 29.6 Å². The molecule has 3 nitrogen and oxygen atoms in total. The van der Waals surface area contributed by atoms with Crippen molar-refractivity contribution in [3.8, 4) is 5.75 Å². The average molecular weight is 302 g/mol. The molecule has 5 heteroatoms. The predicted octanol–water partition coefficient (Wildman–Crippen LogP) is 3.70. The molecule has 0 spiro atoms. The second kappa shape index (κ2) is 9.10. The minimum atomic E-state index is -0.231. The van der Waals surface area contributed by atoms with Gasteiger partial charge in [0.05, 0.1) is 10.6 Å². The predicted molar refractivity (Wildman–Crippen MR) is 82.3 cm³/mol. The fourth-order valence-electron chi connectivity index (χ4n) is 1.71. The van der Waals surface area contributed by atoms with E-state index in [1.54, 1.807) is 0 Å². The SMILES string of the molecule is CSCCCCCCNC(=O)c1cc(O)ccc1Cl. The number of carbonyl (C=O) groups is 1. The molecule has 2 N–H and O–H groups in total. The fourth-order valence-corrected chi connectivity index (χ4v) is 2.41. The number of carbonyl (C=O) groups excluding carboxylic acids is 1. The Kier molecular flexibility index (Phi) is 7.75. The second-order valence-corrected chi connectivity index (χ2v) is 5.72. The molecule has 1 aromatic carbocycles. The first-order valence-electron chi connectivity index (χ1n) is 6.41. The molecule has 19 heavy (non-hydrogen) atoms. The topological polar surface area (TPSA) is 49.3 Å². The maximum absolute atomic E-state index is 11.8. The molecule has 0 aromatic heterocycles. The lowest BCUT2D eigenvalue weighted by Crippen LogP contribution is -2.24. The highest BCUT2D eigenvalue weighted by molar-refractivity contribution is 7.98. The third kappa shape index (κ3) is 6.21. The van der Waals surface area contributed by atoms with Gasteiger partial charge in [0.1, 0.15) is 5.75 Å². The molecule has 1 rings (SSSR count). The van der Waals surface area contributed by atoms with Gasteiger partial charge >= 0.3 is 0 Å². The van der Waals surface area contributed by atoms with Gasteiger partial charge in [-0.3, -0.25) is 4.79 Å². The maximum atomic E-state index is 11.8. The van der Waals surface area contributed by atoms with Crippen molar-refractivity contribution in [3.63, 3.8) is 0 Å². The summed E-state index contributed by atoms with van der Waals surface area (Å²) in [5, 5.41) is 12.5. The highest BCUT2D eigenvalue weighted by Gasteiger charge is 2.10. The molecule has 0 aliphatic carbocycles. The molecule has 0 saturated heterocycles. The quantitative estimate of drug-likeness (QED) is 0.720. The number of hydrogen-bond donors (Lipinski definition) is 2. The number of thioether (sulfide) groups is 1. The lowest BCUT2D eigenvalue weighted by atomic mass is 10.2. The van der Waals surface area contributed by atoms with Crippen molar-refractivity contribution in [2.75, 3.05) is 18.6 Å². The van der Waals surface area contributed by atoms with Crippen LogP contribution in [0.1, 0.15) is 36.0 Å². The minimum absolute atomic E-state index is 0.0478. The van der Waals surface area contributed by atoms with E-state index in [0.717, 1.165) is 12.8 Å². The number of phenols is 1. The number of phenolic OH excluding ortho intramolecular Hbond substituents is 1. The number of amides is 1. The molecule has 0 unspecified atom stereocenters. The van der Waals surface area contributed by atoms with Crippen molar-refractivity contribution in [1.29, 1.82) is 0 Å². The van der Waals surface area contributed by atoms with E-state index in [9.17, 15) is 9.90 Å². The molecule has 0 saturated carbocycles. The van der Waals surface area contributed by atoms with Crippen LogP contribution in [-0.2, 0) is 0 Å². The maximum Gasteiger partial charge on any atom is 0.252 e. The van der Waals surface area contributed by atoms with Gasteiger partial charge in [0.15, 0.2) is 0 Å². The highest BCUT2D eigenvalue weighted by atomic mass is 35.5. The van der Waals surface area contributed by atoms with Crippen molar-refractivity contribution in [2.24, 2.45) is 0 Å². The van der Waals surface area contributed by atoms with Crippen molar-refractivity contribution < 1.29 is 9.90 Å². The van der Waals surface area contributed by atoms with E-state index in [1.165, 1.54) is 36.8 Å². The van der Waals surface area contributed by atoms with Crippen LogP contribution in [0, 0.1) is 0 Å². The number of hydrogen-bond acceptors (Lipinski definition) is 3. The fraction of sp³-hybridized carbons (Fsp3) is 0.500. The summed E-state index contributed by atoms with van der Waals surface area (Å²) in [5.41, 5.74) is 0.323. The Bertz CT molecular complexity index is 412. The molecular weight excluding hydrogens is 282 g/mol. The standard InChI is InChI=1S/C14H20ClNO2S/c1-19-9-5-3-2-4-8-16-14(18)12-10-11(17)6-7-13(12)15/h6-7,10,17H,2-5,8-9H2,1H3,(H,16,18). The Hall–Kier alpha value is -0.870. The first-order chi connectivity index (χ1) is 9.15. The molecule has 0 fully saturated rings. The van der Waals surface area contributed by atoms with E-state index in [0.29, 0.717) is 17.1 Å². The Morgan fingerprint density at radius 3 is 2.79 bits per heavy atom. The molecule has 106 valence electrons. The summed E-state index contributed by atoms with van der Waals surface area (Å²) in [4.78, 5) is 11.8. The highest BCUT2D eigenvalue weighted by Crippen LogP contribution is 2.20. The summed E-state index contributed by atoms with van der Waals surface area (Å²) in [6, 6.07) is 4.37. The van der Waals surface area contributed by atoms with Crippen molar-refractivity contribution in [3.05, 3.63) is 28.8 Å². The first-order valence-corrected chi connectivity index (χ1v) is 8.18. The van der Waals surface area contributed by atoms with Gasteiger partial charge < -0.3 is 10.4 Å². The molecule has 0 heterocycles. The molecular formula is C14H20ClNO2S. The minimum Gasteiger partial charge on any atom is -0.508 e. The molecule has 1 aromatic rings. The van der Waals surface area contributed by atoms with Gasteiger partial charge in [0.25, 0.3) is 5.91 Å². The normalized spacial score (nSPS) is 10.4. The van der Waals surface area contributed by atoms with E-state index < -0.39 is 0 Å². The number of nitrogens with one attached hydrogen (secondary N) is 1. The monoisotopic (exact) mass is 301 g/mol. The number of rotatable bonds is 8. The number of benzene rings is 1.